The summed E-state index contributed by atoms with van der Waals surface area (Å²) in [5.74, 6) is -0.442. The van der Waals surface area contributed by atoms with E-state index in [-0.39, 0.29) is 29.3 Å². The first-order valence-corrected chi connectivity index (χ1v) is 11.4. The third-order valence-corrected chi connectivity index (χ3v) is 7.06. The second kappa shape index (κ2) is 9.19. The van der Waals surface area contributed by atoms with Crippen molar-refractivity contribution in [1.29, 1.82) is 0 Å². The van der Waals surface area contributed by atoms with Crippen LogP contribution in [-0.2, 0) is 29.4 Å². The fraction of sp³-hybridized carbons (Fsp3) is 0.400. The molecule has 0 radical (unpaired) electrons. The van der Waals surface area contributed by atoms with Gasteiger partial charge in [-0.3, -0.25) is 10.2 Å². The molecule has 0 saturated carbocycles. The molecule has 0 saturated heterocycles. The minimum atomic E-state index is -4.49. The van der Waals surface area contributed by atoms with E-state index in [0.717, 1.165) is 6.07 Å². The predicted octanol–water partition coefficient (Wildman–Crippen LogP) is 0.0511. The molecule has 12 nitrogen and oxygen atoms in total. The second-order valence-corrected chi connectivity index (χ2v) is 9.34. The van der Waals surface area contributed by atoms with E-state index >= 15 is 0 Å². The highest BCUT2D eigenvalue weighted by atomic mass is 32.2. The van der Waals surface area contributed by atoms with E-state index in [1.165, 1.54) is 37.5 Å². The number of carbonyl (C=O) groups is 1. The molecule has 0 aromatic heterocycles. The number of nitrogens with one attached hydrogen (secondary N) is 2. The highest BCUT2D eigenvalue weighted by Gasteiger charge is 2.28. The van der Waals surface area contributed by atoms with Crippen LogP contribution in [-0.4, -0.2) is 66.6 Å². The third-order valence-electron chi connectivity index (χ3n) is 3.57. The summed E-state index contributed by atoms with van der Waals surface area (Å²) in [6.45, 7) is 1.61. The first-order chi connectivity index (χ1) is 13.6. The van der Waals surface area contributed by atoms with Crippen molar-refractivity contribution in [2.75, 3.05) is 26.6 Å². The molecule has 29 heavy (non-hydrogen) atoms. The summed E-state index contributed by atoms with van der Waals surface area (Å²) >= 11 is 0. The van der Waals surface area contributed by atoms with Crippen LogP contribution >= 0.6 is 0 Å². The number of hydrogen-bond donors (Lipinski definition) is 2. The molecule has 1 aliphatic heterocycles. The van der Waals surface area contributed by atoms with Gasteiger partial charge in [-0.1, -0.05) is 19.1 Å². The molecule has 2 rings (SSSR count). The van der Waals surface area contributed by atoms with Crippen LogP contribution in [0.3, 0.4) is 0 Å². The Kier molecular flexibility index (Phi) is 7.16. The Morgan fingerprint density at radius 3 is 2.41 bits per heavy atom. The lowest BCUT2D eigenvalue weighted by Gasteiger charge is -2.23. The van der Waals surface area contributed by atoms with Crippen LogP contribution in [0.25, 0.3) is 0 Å². The maximum atomic E-state index is 12.6. The Balaban J connectivity index is 2.22. The number of guanidine groups is 1. The monoisotopic (exact) mass is 447 g/mol. The highest BCUT2D eigenvalue weighted by Crippen LogP contribution is 2.22. The van der Waals surface area contributed by atoms with Gasteiger partial charge in [-0.05, 0) is 18.6 Å². The minimum absolute atomic E-state index is 0.00309. The molecule has 160 valence electrons. The van der Waals surface area contributed by atoms with E-state index < -0.39 is 30.8 Å². The van der Waals surface area contributed by atoms with E-state index in [1.807, 2.05) is 0 Å². The smallest absolute Gasteiger partial charge is 0.335 e. The van der Waals surface area contributed by atoms with Gasteiger partial charge in [0.1, 0.15) is 11.6 Å². The van der Waals surface area contributed by atoms with Crippen LogP contribution in [0.5, 0.6) is 0 Å². The Bertz CT molecular complexity index is 1030. The number of rotatable bonds is 6. The van der Waals surface area contributed by atoms with Crippen molar-refractivity contribution < 1.29 is 31.2 Å². The number of hydroxylamine groups is 2. The molecule has 1 aromatic carbocycles. The first kappa shape index (κ1) is 22.6. The van der Waals surface area contributed by atoms with Crippen LogP contribution in [0, 0.1) is 0 Å². The van der Waals surface area contributed by atoms with Crippen LogP contribution < -0.4 is 10.0 Å². The first-order valence-electron chi connectivity index (χ1n) is 8.29. The largest absolute Gasteiger partial charge is 0.467 e. The van der Waals surface area contributed by atoms with E-state index in [4.69, 9.17) is 9.57 Å². The van der Waals surface area contributed by atoms with E-state index in [0.29, 0.717) is 6.42 Å². The molecule has 0 atom stereocenters. The third kappa shape index (κ3) is 5.42. The Hall–Kier alpha value is -2.71. The number of ether oxygens (including phenoxy) is 1. The molecule has 1 aliphatic rings. The van der Waals surface area contributed by atoms with E-state index in [2.05, 4.69) is 15.3 Å². The van der Waals surface area contributed by atoms with Crippen molar-refractivity contribution in [2.24, 2.45) is 9.98 Å². The fourth-order valence-corrected chi connectivity index (χ4v) is 5.46. The quantitative estimate of drug-likeness (QED) is 0.620. The molecule has 1 heterocycles. The molecular weight excluding hydrogens is 426 g/mol. The van der Waals surface area contributed by atoms with Gasteiger partial charge in [0.05, 0.1) is 24.9 Å². The zero-order valence-electron chi connectivity index (χ0n) is 15.9. The average molecular weight is 447 g/mol. The standard InChI is InChI=1S/C15H21N5O7S2/c1-4-9-28(22,23)11-7-5-6-8-12(11)29(24,25)19-14(21)17-13-16-10-20(27-3)15(18-13)26-2/h5-8H,4,9-10H2,1-3H3,(H2,16,17,19,21). The Labute approximate surface area is 168 Å². The van der Waals surface area contributed by atoms with Crippen LogP contribution in [0.4, 0.5) is 4.79 Å². The van der Waals surface area contributed by atoms with Crippen molar-refractivity contribution in [3.05, 3.63) is 24.3 Å². The topological polar surface area (TPSA) is 156 Å². The summed E-state index contributed by atoms with van der Waals surface area (Å²) in [4.78, 5) is 23.9. The van der Waals surface area contributed by atoms with Gasteiger partial charge in [-0.25, -0.2) is 31.3 Å². The summed E-state index contributed by atoms with van der Waals surface area (Å²) in [7, 11) is -5.63. The number of sulfone groups is 1. The van der Waals surface area contributed by atoms with Crippen molar-refractivity contribution in [2.45, 2.75) is 23.1 Å². The average Bonchev–Trinajstić information content (AvgIpc) is 2.67. The number of methoxy groups -OCH3 is 1. The van der Waals surface area contributed by atoms with Gasteiger partial charge >= 0.3 is 12.1 Å². The van der Waals surface area contributed by atoms with Crippen molar-refractivity contribution in [3.8, 4) is 0 Å². The minimum Gasteiger partial charge on any atom is -0.467 e. The van der Waals surface area contributed by atoms with Gasteiger partial charge in [-0.15, -0.1) is 0 Å². The second-order valence-electron chi connectivity index (χ2n) is 5.61. The van der Waals surface area contributed by atoms with E-state index in [1.54, 1.807) is 11.6 Å². The molecule has 0 fully saturated rings. The van der Waals surface area contributed by atoms with E-state index in [9.17, 15) is 21.6 Å². The number of urea groups is 1. The van der Waals surface area contributed by atoms with Gasteiger partial charge in [0, 0.05) is 0 Å². The number of benzene rings is 1. The van der Waals surface area contributed by atoms with Crippen molar-refractivity contribution >= 4 is 37.9 Å². The number of amides is 2. The number of amidine groups is 1. The molecule has 1 aromatic rings. The number of hydrogen-bond acceptors (Lipinski definition) is 10. The van der Waals surface area contributed by atoms with Crippen LogP contribution in [0.15, 0.2) is 44.0 Å². The molecular formula is C15H21N5O7S2. The molecule has 0 aliphatic carbocycles. The summed E-state index contributed by atoms with van der Waals surface area (Å²) in [6, 6.07) is 3.87. The molecule has 0 unspecified atom stereocenters. The number of nitrogens with zero attached hydrogens (tertiary/aromatic N) is 3. The zero-order valence-corrected chi connectivity index (χ0v) is 17.6. The van der Waals surface area contributed by atoms with Gasteiger partial charge in [0.15, 0.2) is 9.84 Å². The highest BCUT2D eigenvalue weighted by molar-refractivity contribution is 7.93. The van der Waals surface area contributed by atoms with Crippen LogP contribution in [0.2, 0.25) is 0 Å². The lowest BCUT2D eigenvalue weighted by atomic mass is 10.4. The SMILES string of the molecule is CCCS(=O)(=O)c1ccccc1S(=O)(=O)NC(=O)NC1=NCN(OC)C(OC)=N1. The molecule has 2 amide bonds. The van der Waals surface area contributed by atoms with Gasteiger partial charge in [0.2, 0.25) is 5.96 Å². The lowest BCUT2D eigenvalue weighted by Crippen LogP contribution is -2.45. The Morgan fingerprint density at radius 1 is 1.17 bits per heavy atom. The predicted molar refractivity (Wildman–Crippen MR) is 103 cm³/mol. The maximum absolute atomic E-state index is 12.6. The Morgan fingerprint density at radius 2 is 1.83 bits per heavy atom. The summed E-state index contributed by atoms with van der Waals surface area (Å²) in [6.07, 6.45) is 0.308. The molecule has 14 heteroatoms. The lowest BCUT2D eigenvalue weighted by molar-refractivity contribution is -0.0813. The van der Waals surface area contributed by atoms with Gasteiger partial charge in [0.25, 0.3) is 10.0 Å². The number of carbonyl (C=O) groups excluding carboxylic acids is 1. The summed E-state index contributed by atoms with van der Waals surface area (Å²) < 4.78 is 56.7. The summed E-state index contributed by atoms with van der Waals surface area (Å²) in [5, 5.41) is 3.35. The van der Waals surface area contributed by atoms with Crippen LogP contribution in [0.1, 0.15) is 13.3 Å². The fourth-order valence-electron chi connectivity index (χ4n) is 2.34. The summed E-state index contributed by atoms with van der Waals surface area (Å²) in [5.41, 5.74) is 0. The normalized spacial score (nSPS) is 14.7. The zero-order chi connectivity index (χ0) is 21.7. The molecule has 2 N–H and O–H groups in total. The van der Waals surface area contributed by atoms with Gasteiger partial charge < -0.3 is 4.74 Å². The van der Waals surface area contributed by atoms with Crippen molar-refractivity contribution in [1.82, 2.24) is 15.1 Å². The number of sulfonamides is 1. The van der Waals surface area contributed by atoms with Crippen molar-refractivity contribution in [3.63, 3.8) is 0 Å². The molecule has 0 spiro atoms. The number of aliphatic imine (C=N–C) groups is 2. The maximum Gasteiger partial charge on any atom is 0.335 e. The van der Waals surface area contributed by atoms with Gasteiger partial charge in [-0.2, -0.15) is 10.1 Å². The molecule has 0 bridgehead atoms.